The Balaban J connectivity index is 0.857. The Hall–Kier alpha value is -2.58. The van der Waals surface area contributed by atoms with Crippen LogP contribution in [0.25, 0.3) is 0 Å². The van der Waals surface area contributed by atoms with Crippen LogP contribution in [-0.4, -0.2) is 131 Å². The van der Waals surface area contributed by atoms with Crippen molar-refractivity contribution in [2.75, 3.05) is 96.2 Å². The smallest absolute Gasteiger partial charge is 0.315 e. The summed E-state index contributed by atoms with van der Waals surface area (Å²) >= 11 is 1.90. The summed E-state index contributed by atoms with van der Waals surface area (Å²) in [6, 6.07) is 9.11. The van der Waals surface area contributed by atoms with E-state index in [1.807, 2.05) is 16.7 Å². The number of anilines is 1. The summed E-state index contributed by atoms with van der Waals surface area (Å²) in [7, 11) is 0. The molecule has 13 heteroatoms. The molecule has 3 aliphatic rings. The zero-order valence-electron chi connectivity index (χ0n) is 27.3. The third-order valence-corrected chi connectivity index (χ3v) is 10.1. The van der Waals surface area contributed by atoms with Gasteiger partial charge in [-0.2, -0.15) is 11.8 Å². The summed E-state index contributed by atoms with van der Waals surface area (Å²) < 4.78 is 22.1. The van der Waals surface area contributed by atoms with Gasteiger partial charge in [-0.25, -0.2) is 4.79 Å². The molecule has 3 saturated heterocycles. The van der Waals surface area contributed by atoms with Crippen LogP contribution >= 0.6 is 11.8 Å². The summed E-state index contributed by atoms with van der Waals surface area (Å²) in [5.74, 6) is 1.15. The van der Waals surface area contributed by atoms with Crippen LogP contribution in [0.1, 0.15) is 44.6 Å². The maximum Gasteiger partial charge on any atom is 0.315 e. The van der Waals surface area contributed by atoms with Crippen LogP contribution in [0.2, 0.25) is 0 Å². The van der Waals surface area contributed by atoms with E-state index in [1.54, 1.807) is 0 Å². The standard InChI is InChI=1S/C33H53N5O7S/c1-2-26-7-9-27(10-8-26)37-13-15-38(16-14-37)31(40)11-17-42-19-21-44-23-24-45-22-20-43-18-12-34-30(39)6-4-3-5-29-32-28(25-46-29)35-33(41)36-32/h7-10,28-29,32H,2-6,11-25H2,1H3,(H,34,39)(H2,35,36,41). The van der Waals surface area contributed by atoms with Crippen LogP contribution in [0.5, 0.6) is 0 Å². The largest absolute Gasteiger partial charge is 0.379 e. The number of ether oxygens (including phenoxy) is 4. The Labute approximate surface area is 277 Å². The molecule has 0 spiro atoms. The van der Waals surface area contributed by atoms with Crippen LogP contribution < -0.4 is 20.9 Å². The molecule has 0 bridgehead atoms. The number of hydrogen-bond donors (Lipinski definition) is 3. The first-order chi connectivity index (χ1) is 22.5. The van der Waals surface area contributed by atoms with Crippen molar-refractivity contribution in [3.63, 3.8) is 0 Å². The average Bonchev–Trinajstić information content (AvgIpc) is 3.63. The van der Waals surface area contributed by atoms with E-state index in [4.69, 9.17) is 18.9 Å². The number of carbonyl (C=O) groups is 3. The van der Waals surface area contributed by atoms with Gasteiger partial charge >= 0.3 is 6.03 Å². The highest BCUT2D eigenvalue weighted by molar-refractivity contribution is 8.00. The van der Waals surface area contributed by atoms with E-state index in [-0.39, 0.29) is 29.9 Å². The van der Waals surface area contributed by atoms with Gasteiger partial charge in [0.15, 0.2) is 0 Å². The monoisotopic (exact) mass is 663 g/mol. The van der Waals surface area contributed by atoms with E-state index >= 15 is 0 Å². The van der Waals surface area contributed by atoms with Gasteiger partial charge in [-0.3, -0.25) is 9.59 Å². The van der Waals surface area contributed by atoms with Crippen molar-refractivity contribution in [1.29, 1.82) is 0 Å². The fraction of sp³-hybridized carbons (Fsp3) is 0.727. The molecule has 0 saturated carbocycles. The molecular formula is C33H53N5O7S. The fourth-order valence-corrected chi connectivity index (χ4v) is 7.40. The SMILES string of the molecule is CCc1ccc(N2CCN(C(=O)CCOCCOCCOCCOCCNC(=O)CCCCC3SCC4NC(=O)NC43)CC2)cc1. The molecule has 258 valence electrons. The third kappa shape index (κ3) is 12.6. The molecule has 0 aliphatic carbocycles. The van der Waals surface area contributed by atoms with Crippen LogP contribution in [0.4, 0.5) is 10.5 Å². The number of nitrogens with zero attached hydrogens (tertiary/aromatic N) is 2. The lowest BCUT2D eigenvalue weighted by Crippen LogP contribution is -2.49. The highest BCUT2D eigenvalue weighted by Crippen LogP contribution is 2.33. The number of unbranched alkanes of at least 4 members (excludes halogenated alkanes) is 1. The molecule has 4 rings (SSSR count). The molecule has 46 heavy (non-hydrogen) atoms. The van der Waals surface area contributed by atoms with Crippen molar-refractivity contribution in [3.05, 3.63) is 29.8 Å². The van der Waals surface area contributed by atoms with Crippen LogP contribution in [0, 0.1) is 0 Å². The number of piperazine rings is 1. The van der Waals surface area contributed by atoms with E-state index in [9.17, 15) is 14.4 Å². The van der Waals surface area contributed by atoms with Gasteiger partial charge in [0.05, 0.1) is 71.4 Å². The second-order valence-corrected chi connectivity index (χ2v) is 13.1. The van der Waals surface area contributed by atoms with Gasteiger partial charge in [0.25, 0.3) is 0 Å². The van der Waals surface area contributed by atoms with E-state index in [1.165, 1.54) is 11.3 Å². The number of carbonyl (C=O) groups excluding carboxylic acids is 3. The third-order valence-electron chi connectivity index (χ3n) is 8.57. The molecule has 1 aromatic carbocycles. The van der Waals surface area contributed by atoms with E-state index in [0.29, 0.717) is 77.5 Å². The Morgan fingerprint density at radius 1 is 0.848 bits per heavy atom. The van der Waals surface area contributed by atoms with Crippen molar-refractivity contribution in [3.8, 4) is 0 Å². The van der Waals surface area contributed by atoms with Crippen molar-refractivity contribution < 1.29 is 33.3 Å². The Bertz CT molecular complexity index is 1060. The lowest BCUT2D eigenvalue weighted by atomic mass is 10.0. The molecule has 3 heterocycles. The average molecular weight is 664 g/mol. The number of nitrogens with one attached hydrogen (secondary N) is 3. The number of aryl methyl sites for hydroxylation is 1. The minimum absolute atomic E-state index is 0.0447. The molecule has 0 radical (unpaired) electrons. The molecule has 12 nitrogen and oxygen atoms in total. The van der Waals surface area contributed by atoms with Crippen LogP contribution in [-0.2, 0) is 35.0 Å². The lowest BCUT2D eigenvalue weighted by molar-refractivity contribution is -0.132. The zero-order chi connectivity index (χ0) is 32.4. The van der Waals surface area contributed by atoms with Crippen molar-refractivity contribution in [1.82, 2.24) is 20.9 Å². The van der Waals surface area contributed by atoms with Gasteiger partial charge in [0.1, 0.15) is 0 Å². The Morgan fingerprint density at radius 2 is 1.50 bits per heavy atom. The summed E-state index contributed by atoms with van der Waals surface area (Å²) in [4.78, 5) is 40.3. The van der Waals surface area contributed by atoms with Crippen LogP contribution in [0.15, 0.2) is 24.3 Å². The first-order valence-corrected chi connectivity index (χ1v) is 18.0. The summed E-state index contributed by atoms with van der Waals surface area (Å²) in [5.41, 5.74) is 2.56. The molecule has 4 amide bonds. The quantitative estimate of drug-likeness (QED) is 0.126. The number of urea groups is 1. The van der Waals surface area contributed by atoms with Crippen molar-refractivity contribution in [2.45, 2.75) is 62.8 Å². The van der Waals surface area contributed by atoms with E-state index < -0.39 is 0 Å². The zero-order valence-corrected chi connectivity index (χ0v) is 28.2. The predicted octanol–water partition coefficient (Wildman–Crippen LogP) is 2.20. The highest BCUT2D eigenvalue weighted by atomic mass is 32.2. The van der Waals surface area contributed by atoms with Gasteiger partial charge in [-0.15, -0.1) is 0 Å². The first kappa shape index (κ1) is 36.3. The molecule has 3 N–H and O–H groups in total. The van der Waals surface area contributed by atoms with Gasteiger partial charge in [-0.05, 0) is 37.0 Å². The van der Waals surface area contributed by atoms with Gasteiger partial charge in [0.2, 0.25) is 11.8 Å². The number of amides is 4. The van der Waals surface area contributed by atoms with Crippen molar-refractivity contribution in [2.24, 2.45) is 0 Å². The lowest BCUT2D eigenvalue weighted by Gasteiger charge is -2.36. The fourth-order valence-electron chi connectivity index (χ4n) is 5.86. The summed E-state index contributed by atoms with van der Waals surface area (Å²) in [6.45, 7) is 9.43. The van der Waals surface area contributed by atoms with Crippen LogP contribution in [0.3, 0.4) is 0 Å². The second-order valence-electron chi connectivity index (χ2n) is 11.8. The highest BCUT2D eigenvalue weighted by Gasteiger charge is 2.42. The molecule has 3 aliphatic heterocycles. The number of rotatable bonds is 22. The second kappa shape index (κ2) is 20.6. The summed E-state index contributed by atoms with van der Waals surface area (Å²) in [6.07, 6.45) is 4.77. The number of benzene rings is 1. The molecule has 0 aromatic heterocycles. The molecule has 3 fully saturated rings. The molecule has 3 atom stereocenters. The van der Waals surface area contributed by atoms with Gasteiger partial charge < -0.3 is 44.7 Å². The van der Waals surface area contributed by atoms with Crippen molar-refractivity contribution >= 4 is 35.3 Å². The molecular weight excluding hydrogens is 610 g/mol. The molecule has 1 aromatic rings. The van der Waals surface area contributed by atoms with Gasteiger partial charge in [0, 0.05) is 55.8 Å². The molecule has 3 unspecified atom stereocenters. The normalized spacial score (nSPS) is 20.8. The van der Waals surface area contributed by atoms with E-state index in [0.717, 1.165) is 57.6 Å². The maximum absolute atomic E-state index is 12.5. The first-order valence-electron chi connectivity index (χ1n) is 16.9. The van der Waals surface area contributed by atoms with Gasteiger partial charge in [-0.1, -0.05) is 25.5 Å². The Morgan fingerprint density at radius 3 is 2.17 bits per heavy atom. The number of hydrogen-bond acceptors (Lipinski definition) is 9. The number of fused-ring (bicyclic) bond motifs is 1. The predicted molar refractivity (Wildman–Crippen MR) is 179 cm³/mol. The number of thioether (sulfide) groups is 1. The maximum atomic E-state index is 12.5. The minimum atomic E-state index is -0.0587. The topological polar surface area (TPSA) is 131 Å². The van der Waals surface area contributed by atoms with E-state index in [2.05, 4.69) is 52.0 Å². The minimum Gasteiger partial charge on any atom is -0.379 e. The Kier molecular flexibility index (Phi) is 16.2. The summed E-state index contributed by atoms with van der Waals surface area (Å²) in [5, 5.41) is 9.29.